The van der Waals surface area contributed by atoms with Crippen molar-refractivity contribution in [1.29, 1.82) is 0 Å². The average molecular weight is 327 g/mol. The number of nitrogens with one attached hydrogen (secondary N) is 2. The summed E-state index contributed by atoms with van der Waals surface area (Å²) in [7, 11) is 0. The van der Waals surface area contributed by atoms with E-state index in [-0.39, 0.29) is 17.5 Å². The second kappa shape index (κ2) is 6.42. The Bertz CT molecular complexity index is 457. The molecule has 0 spiro atoms. The Morgan fingerprint density at radius 1 is 1.42 bits per heavy atom. The number of amides is 1. The van der Waals surface area contributed by atoms with Crippen LogP contribution in [-0.2, 0) is 4.79 Å². The number of hydrogen-bond acceptors (Lipinski definition) is 2. The first kappa shape index (κ1) is 16.0. The molecule has 0 saturated carbocycles. The molecule has 0 fully saturated rings. The van der Waals surface area contributed by atoms with Crippen molar-refractivity contribution in [2.45, 2.75) is 52.6 Å². The first-order valence-electron chi connectivity index (χ1n) is 6.60. The molecular formula is C15H23BrN2O. The van der Waals surface area contributed by atoms with E-state index in [1.807, 2.05) is 45.9 Å². The van der Waals surface area contributed by atoms with Crippen LogP contribution in [0.2, 0.25) is 0 Å². The highest BCUT2D eigenvalue weighted by Crippen LogP contribution is 2.24. The summed E-state index contributed by atoms with van der Waals surface area (Å²) in [6.45, 7) is 10.0. The van der Waals surface area contributed by atoms with Gasteiger partial charge < -0.3 is 10.6 Å². The third-order valence-electron chi connectivity index (χ3n) is 3.23. The van der Waals surface area contributed by atoms with Gasteiger partial charge in [-0.2, -0.15) is 0 Å². The van der Waals surface area contributed by atoms with Crippen LogP contribution in [-0.4, -0.2) is 17.5 Å². The van der Waals surface area contributed by atoms with E-state index in [0.29, 0.717) is 0 Å². The smallest absolute Gasteiger partial charge is 0.242 e. The Kier molecular flexibility index (Phi) is 5.41. The Balaban J connectivity index is 2.71. The molecule has 1 rings (SSSR count). The molecule has 0 bridgehead atoms. The maximum Gasteiger partial charge on any atom is 0.242 e. The molecule has 1 aromatic carbocycles. The molecule has 0 saturated heterocycles. The minimum atomic E-state index is -0.274. The van der Waals surface area contributed by atoms with Gasteiger partial charge in [0.2, 0.25) is 5.91 Å². The summed E-state index contributed by atoms with van der Waals surface area (Å²) in [6, 6.07) is 5.76. The average Bonchev–Trinajstić information content (AvgIpc) is 2.33. The summed E-state index contributed by atoms with van der Waals surface area (Å²) in [6.07, 6.45) is 0.902. The molecule has 4 heteroatoms. The van der Waals surface area contributed by atoms with Gasteiger partial charge in [0.1, 0.15) is 6.04 Å². The largest absolute Gasteiger partial charge is 0.373 e. The van der Waals surface area contributed by atoms with Crippen molar-refractivity contribution in [2.24, 2.45) is 0 Å². The van der Waals surface area contributed by atoms with Crippen LogP contribution in [0.5, 0.6) is 0 Å². The topological polar surface area (TPSA) is 41.1 Å². The van der Waals surface area contributed by atoms with Gasteiger partial charge in [0.15, 0.2) is 0 Å². The van der Waals surface area contributed by atoms with Crippen molar-refractivity contribution in [3.8, 4) is 0 Å². The third-order valence-corrected chi connectivity index (χ3v) is 3.92. The molecule has 0 aliphatic rings. The van der Waals surface area contributed by atoms with Gasteiger partial charge in [-0.05, 0) is 67.7 Å². The number of hydrogen-bond donors (Lipinski definition) is 2. The molecule has 106 valence electrons. The lowest BCUT2D eigenvalue weighted by Gasteiger charge is -2.27. The molecule has 1 aromatic rings. The van der Waals surface area contributed by atoms with Gasteiger partial charge in [-0.3, -0.25) is 4.79 Å². The molecule has 0 aromatic heterocycles. The standard InChI is InChI=1S/C15H23BrN2O/c1-6-15(4,5)18-14(19)11(3)17-13-9-10(2)7-8-12(13)16/h7-9,11,17H,6H2,1-5H3,(H,18,19). The van der Waals surface area contributed by atoms with Crippen LogP contribution >= 0.6 is 15.9 Å². The van der Waals surface area contributed by atoms with E-state index >= 15 is 0 Å². The van der Waals surface area contributed by atoms with E-state index in [2.05, 4.69) is 33.5 Å². The van der Waals surface area contributed by atoms with Crippen molar-refractivity contribution in [3.05, 3.63) is 28.2 Å². The zero-order chi connectivity index (χ0) is 14.6. The van der Waals surface area contributed by atoms with Crippen LogP contribution in [0.1, 0.15) is 39.7 Å². The summed E-state index contributed by atoms with van der Waals surface area (Å²) in [4.78, 5) is 12.1. The molecule has 3 nitrogen and oxygen atoms in total. The van der Waals surface area contributed by atoms with Gasteiger partial charge in [0.05, 0.1) is 0 Å². The number of rotatable bonds is 5. The predicted octanol–water partition coefficient (Wildman–Crippen LogP) is 3.86. The van der Waals surface area contributed by atoms with Gasteiger partial charge in [0, 0.05) is 15.7 Å². The number of anilines is 1. The van der Waals surface area contributed by atoms with Crippen LogP contribution in [0.4, 0.5) is 5.69 Å². The monoisotopic (exact) mass is 326 g/mol. The highest BCUT2D eigenvalue weighted by molar-refractivity contribution is 9.10. The minimum Gasteiger partial charge on any atom is -0.373 e. The van der Waals surface area contributed by atoms with E-state index in [4.69, 9.17) is 0 Å². The number of carbonyl (C=O) groups excluding carboxylic acids is 1. The Labute approximate surface area is 124 Å². The summed E-state index contributed by atoms with van der Waals surface area (Å²) in [5.74, 6) is 0.0141. The van der Waals surface area contributed by atoms with Crippen LogP contribution in [0.15, 0.2) is 22.7 Å². The lowest BCUT2D eigenvalue weighted by molar-refractivity contribution is -0.123. The van der Waals surface area contributed by atoms with Crippen LogP contribution in [0, 0.1) is 6.92 Å². The normalized spacial score (nSPS) is 12.9. The Morgan fingerprint density at radius 3 is 2.63 bits per heavy atom. The second-order valence-electron chi connectivity index (χ2n) is 5.58. The minimum absolute atomic E-state index is 0.0141. The summed E-state index contributed by atoms with van der Waals surface area (Å²) in [5.41, 5.74) is 1.93. The van der Waals surface area contributed by atoms with Crippen LogP contribution in [0.25, 0.3) is 0 Å². The van der Waals surface area contributed by atoms with Gasteiger partial charge in [-0.1, -0.05) is 13.0 Å². The maximum atomic E-state index is 12.1. The molecule has 1 atom stereocenters. The second-order valence-corrected chi connectivity index (χ2v) is 6.43. The van der Waals surface area contributed by atoms with Gasteiger partial charge in [0.25, 0.3) is 0 Å². The summed E-state index contributed by atoms with van der Waals surface area (Å²) in [5, 5.41) is 6.28. The van der Waals surface area contributed by atoms with Crippen molar-refractivity contribution < 1.29 is 4.79 Å². The van der Waals surface area contributed by atoms with Crippen LogP contribution in [0.3, 0.4) is 0 Å². The quantitative estimate of drug-likeness (QED) is 0.862. The number of aryl methyl sites for hydroxylation is 1. The molecule has 0 aliphatic heterocycles. The SMILES string of the molecule is CCC(C)(C)NC(=O)C(C)Nc1cc(C)ccc1Br. The van der Waals surface area contributed by atoms with E-state index in [1.165, 1.54) is 0 Å². The Morgan fingerprint density at radius 2 is 2.05 bits per heavy atom. The highest BCUT2D eigenvalue weighted by atomic mass is 79.9. The first-order valence-corrected chi connectivity index (χ1v) is 7.39. The van der Waals surface area contributed by atoms with Gasteiger partial charge >= 0.3 is 0 Å². The zero-order valence-corrected chi connectivity index (χ0v) is 13.9. The van der Waals surface area contributed by atoms with E-state index < -0.39 is 0 Å². The number of benzene rings is 1. The predicted molar refractivity (Wildman–Crippen MR) is 84.5 cm³/mol. The fourth-order valence-electron chi connectivity index (χ4n) is 1.58. The first-order chi connectivity index (χ1) is 8.75. The zero-order valence-electron chi connectivity index (χ0n) is 12.3. The molecule has 0 radical (unpaired) electrons. The molecule has 0 heterocycles. The molecule has 1 unspecified atom stereocenters. The molecular weight excluding hydrogens is 304 g/mol. The van der Waals surface area contributed by atoms with E-state index in [0.717, 1.165) is 22.1 Å². The lowest BCUT2D eigenvalue weighted by Crippen LogP contribution is -2.48. The fraction of sp³-hybridized carbons (Fsp3) is 0.533. The van der Waals surface area contributed by atoms with Crippen LogP contribution < -0.4 is 10.6 Å². The van der Waals surface area contributed by atoms with Gasteiger partial charge in [-0.25, -0.2) is 0 Å². The van der Waals surface area contributed by atoms with E-state index in [1.54, 1.807) is 0 Å². The summed E-state index contributed by atoms with van der Waals surface area (Å²) < 4.78 is 0.965. The van der Waals surface area contributed by atoms with Crippen molar-refractivity contribution in [2.75, 3.05) is 5.32 Å². The van der Waals surface area contributed by atoms with Crippen molar-refractivity contribution in [1.82, 2.24) is 5.32 Å². The maximum absolute atomic E-state index is 12.1. The number of carbonyl (C=O) groups is 1. The van der Waals surface area contributed by atoms with Crippen molar-refractivity contribution >= 4 is 27.5 Å². The lowest BCUT2D eigenvalue weighted by atomic mass is 10.0. The molecule has 1 amide bonds. The van der Waals surface area contributed by atoms with E-state index in [9.17, 15) is 4.79 Å². The highest BCUT2D eigenvalue weighted by Gasteiger charge is 2.21. The summed E-state index contributed by atoms with van der Waals surface area (Å²) >= 11 is 3.49. The molecule has 0 aliphatic carbocycles. The fourth-order valence-corrected chi connectivity index (χ4v) is 1.94. The Hall–Kier alpha value is -1.03. The van der Waals surface area contributed by atoms with Gasteiger partial charge in [-0.15, -0.1) is 0 Å². The third kappa shape index (κ3) is 4.86. The van der Waals surface area contributed by atoms with Crippen molar-refractivity contribution in [3.63, 3.8) is 0 Å². The molecule has 19 heavy (non-hydrogen) atoms. The number of halogens is 1. The molecule has 2 N–H and O–H groups in total.